The Kier molecular flexibility index (Phi) is 8.88. The van der Waals surface area contributed by atoms with Crippen molar-refractivity contribution < 1.29 is 28.6 Å². The van der Waals surface area contributed by atoms with E-state index in [4.69, 9.17) is 14.2 Å². The third kappa shape index (κ3) is 6.12. The fourth-order valence-electron chi connectivity index (χ4n) is 3.74. The summed E-state index contributed by atoms with van der Waals surface area (Å²) in [6.45, 7) is 9.40. The first-order chi connectivity index (χ1) is 17.2. The van der Waals surface area contributed by atoms with Gasteiger partial charge in [0.15, 0.2) is 6.61 Å². The van der Waals surface area contributed by atoms with Crippen LogP contribution in [0.25, 0.3) is 0 Å². The van der Waals surface area contributed by atoms with Crippen LogP contribution in [-0.4, -0.2) is 37.7 Å². The lowest BCUT2D eigenvalue weighted by Crippen LogP contribution is -2.21. The normalized spacial score (nSPS) is 11.0. The number of anilines is 1. The molecule has 190 valence electrons. The molecule has 8 heteroatoms. The molecule has 0 spiro atoms. The van der Waals surface area contributed by atoms with E-state index in [0.29, 0.717) is 11.3 Å². The fourth-order valence-corrected chi connectivity index (χ4v) is 4.85. The molecular formula is C28H31NO6S. The molecule has 2 aromatic carbocycles. The fraction of sp³-hybridized carbons (Fsp3) is 0.321. The lowest BCUT2D eigenvalue weighted by Gasteiger charge is -2.26. The van der Waals surface area contributed by atoms with E-state index in [0.717, 1.165) is 16.9 Å². The van der Waals surface area contributed by atoms with Crippen LogP contribution in [0.4, 0.5) is 5.00 Å². The van der Waals surface area contributed by atoms with Crippen molar-refractivity contribution in [1.82, 2.24) is 0 Å². The average Bonchev–Trinajstić information content (AvgIpc) is 3.19. The molecule has 0 saturated carbocycles. The average molecular weight is 510 g/mol. The van der Waals surface area contributed by atoms with Crippen LogP contribution in [0, 0.1) is 6.92 Å². The van der Waals surface area contributed by atoms with Crippen LogP contribution in [-0.2, 0) is 19.7 Å². The molecular weight excluding hydrogens is 478 g/mol. The molecule has 7 nitrogen and oxygen atoms in total. The summed E-state index contributed by atoms with van der Waals surface area (Å²) in [7, 11) is 0. The Hall–Kier alpha value is -3.65. The zero-order valence-corrected chi connectivity index (χ0v) is 22.0. The molecule has 0 aliphatic rings. The summed E-state index contributed by atoms with van der Waals surface area (Å²) in [6.07, 6.45) is 0. The molecule has 0 fully saturated rings. The first kappa shape index (κ1) is 26.9. The van der Waals surface area contributed by atoms with E-state index in [1.165, 1.54) is 5.56 Å². The van der Waals surface area contributed by atoms with Gasteiger partial charge in [0.2, 0.25) is 0 Å². The van der Waals surface area contributed by atoms with Crippen LogP contribution >= 0.6 is 11.3 Å². The summed E-state index contributed by atoms with van der Waals surface area (Å²) in [4.78, 5) is 37.7. The van der Waals surface area contributed by atoms with Gasteiger partial charge in [0.25, 0.3) is 5.91 Å². The highest BCUT2D eigenvalue weighted by atomic mass is 32.1. The summed E-state index contributed by atoms with van der Waals surface area (Å²) in [5, 5.41) is 2.91. The Morgan fingerprint density at radius 2 is 1.44 bits per heavy atom. The van der Waals surface area contributed by atoms with Gasteiger partial charge in [-0.15, -0.1) is 11.3 Å². The number of benzene rings is 2. The zero-order valence-electron chi connectivity index (χ0n) is 21.2. The van der Waals surface area contributed by atoms with Crippen molar-refractivity contribution in [3.05, 3.63) is 81.7 Å². The van der Waals surface area contributed by atoms with Crippen LogP contribution in [0.2, 0.25) is 0 Å². The lowest BCUT2D eigenvalue weighted by atomic mass is 9.78. The summed E-state index contributed by atoms with van der Waals surface area (Å²) in [5.41, 5.74) is 2.68. The van der Waals surface area contributed by atoms with Gasteiger partial charge in [-0.2, -0.15) is 0 Å². The van der Waals surface area contributed by atoms with Gasteiger partial charge in [-0.3, -0.25) is 4.79 Å². The molecule has 36 heavy (non-hydrogen) atoms. The highest BCUT2D eigenvalue weighted by Gasteiger charge is 2.27. The van der Waals surface area contributed by atoms with Crippen LogP contribution in [0.1, 0.15) is 64.4 Å². The number of nitrogens with one attached hydrogen (secondary N) is 1. The van der Waals surface area contributed by atoms with Gasteiger partial charge in [0.05, 0.1) is 18.8 Å². The minimum Gasteiger partial charge on any atom is -0.484 e. The topological polar surface area (TPSA) is 90.9 Å². The molecule has 3 rings (SSSR count). The largest absolute Gasteiger partial charge is 0.484 e. The van der Waals surface area contributed by atoms with E-state index in [-0.39, 0.29) is 40.7 Å². The van der Waals surface area contributed by atoms with Gasteiger partial charge in [0, 0.05) is 5.41 Å². The summed E-state index contributed by atoms with van der Waals surface area (Å²) < 4.78 is 15.9. The SMILES string of the molecule is CCOC(=O)c1sc(NC(=O)COc2ccc(C(C)(C)c3ccccc3)cc2)c(C(=O)OCC)c1C. The van der Waals surface area contributed by atoms with Crippen LogP contribution in [0.3, 0.4) is 0 Å². The third-order valence-electron chi connectivity index (χ3n) is 5.78. The maximum Gasteiger partial charge on any atom is 0.348 e. The number of esters is 2. The van der Waals surface area contributed by atoms with Crippen molar-refractivity contribution in [3.8, 4) is 5.75 Å². The molecule has 0 atom stereocenters. The van der Waals surface area contributed by atoms with Crippen LogP contribution in [0.5, 0.6) is 5.75 Å². The van der Waals surface area contributed by atoms with E-state index in [9.17, 15) is 14.4 Å². The van der Waals surface area contributed by atoms with E-state index < -0.39 is 17.8 Å². The van der Waals surface area contributed by atoms with Crippen LogP contribution in [0.15, 0.2) is 54.6 Å². The van der Waals surface area contributed by atoms with Crippen LogP contribution < -0.4 is 10.1 Å². The Balaban J connectivity index is 1.70. The molecule has 1 N–H and O–H groups in total. The first-order valence-electron chi connectivity index (χ1n) is 11.7. The molecule has 0 radical (unpaired) electrons. The van der Waals surface area contributed by atoms with Crippen molar-refractivity contribution in [2.75, 3.05) is 25.1 Å². The van der Waals surface area contributed by atoms with Gasteiger partial charge in [-0.25, -0.2) is 9.59 Å². The van der Waals surface area contributed by atoms with E-state index in [1.54, 1.807) is 20.8 Å². The van der Waals surface area contributed by atoms with Gasteiger partial charge in [0.1, 0.15) is 15.6 Å². The molecule has 0 aliphatic heterocycles. The second kappa shape index (κ2) is 11.9. The predicted octanol–water partition coefficient (Wildman–Crippen LogP) is 5.75. The Morgan fingerprint density at radius 1 is 0.861 bits per heavy atom. The molecule has 1 amide bonds. The third-order valence-corrected chi connectivity index (χ3v) is 6.97. The van der Waals surface area contributed by atoms with Gasteiger partial charge >= 0.3 is 11.9 Å². The second-order valence-corrected chi connectivity index (χ2v) is 9.57. The second-order valence-electron chi connectivity index (χ2n) is 8.55. The molecule has 0 saturated heterocycles. The van der Waals surface area contributed by atoms with Gasteiger partial charge in [-0.1, -0.05) is 56.3 Å². The minimum atomic E-state index is -0.616. The highest BCUT2D eigenvalue weighted by molar-refractivity contribution is 7.18. The summed E-state index contributed by atoms with van der Waals surface area (Å²) in [5.74, 6) is -1.10. The lowest BCUT2D eigenvalue weighted by molar-refractivity contribution is -0.118. The molecule has 0 bridgehead atoms. The molecule has 0 unspecified atom stereocenters. The number of carbonyl (C=O) groups is 3. The number of carbonyl (C=O) groups excluding carboxylic acids is 3. The Labute approximate surface area is 215 Å². The number of amides is 1. The number of thiophene rings is 1. The van der Waals surface area contributed by atoms with E-state index >= 15 is 0 Å². The smallest absolute Gasteiger partial charge is 0.348 e. The molecule has 1 aromatic heterocycles. The predicted molar refractivity (Wildman–Crippen MR) is 140 cm³/mol. The molecule has 1 heterocycles. The number of hydrogen-bond donors (Lipinski definition) is 1. The van der Waals surface area contributed by atoms with Crippen molar-refractivity contribution in [2.45, 2.75) is 40.0 Å². The van der Waals surface area contributed by atoms with Gasteiger partial charge < -0.3 is 19.5 Å². The first-order valence-corrected chi connectivity index (χ1v) is 12.6. The zero-order chi connectivity index (χ0) is 26.3. The quantitative estimate of drug-likeness (QED) is 0.350. The number of hydrogen-bond acceptors (Lipinski definition) is 7. The van der Waals surface area contributed by atoms with Crippen molar-refractivity contribution >= 4 is 34.2 Å². The number of ether oxygens (including phenoxy) is 3. The van der Waals surface area contributed by atoms with Crippen molar-refractivity contribution in [2.24, 2.45) is 0 Å². The van der Waals surface area contributed by atoms with E-state index in [1.807, 2.05) is 42.5 Å². The van der Waals surface area contributed by atoms with Crippen molar-refractivity contribution in [3.63, 3.8) is 0 Å². The van der Waals surface area contributed by atoms with E-state index in [2.05, 4.69) is 31.3 Å². The maximum atomic E-state index is 12.6. The highest BCUT2D eigenvalue weighted by Crippen LogP contribution is 2.35. The minimum absolute atomic E-state index is 0.144. The molecule has 3 aromatic rings. The van der Waals surface area contributed by atoms with Crippen molar-refractivity contribution in [1.29, 1.82) is 0 Å². The summed E-state index contributed by atoms with van der Waals surface area (Å²) >= 11 is 0.978. The maximum absolute atomic E-state index is 12.6. The number of rotatable bonds is 10. The summed E-state index contributed by atoms with van der Waals surface area (Å²) in [6, 6.07) is 17.8. The monoisotopic (exact) mass is 509 g/mol. The standard InChI is InChI=1S/C28H31NO6S/c1-6-33-26(31)23-18(3)24(27(32)34-7-2)36-25(23)29-22(30)17-35-21-15-13-20(14-16-21)28(4,5)19-11-9-8-10-12-19/h8-16H,6-7,17H2,1-5H3,(H,29,30). The Morgan fingerprint density at radius 3 is 2.06 bits per heavy atom. The van der Waals surface area contributed by atoms with Gasteiger partial charge in [-0.05, 0) is 49.6 Å². The Bertz CT molecular complexity index is 1210. The molecule has 0 aliphatic carbocycles.